The molecular weight excluding hydrogens is 252 g/mol. The Balaban J connectivity index is 1.64. The maximum atomic E-state index is 12.2. The van der Waals surface area contributed by atoms with Gasteiger partial charge in [0.15, 0.2) is 0 Å². The second kappa shape index (κ2) is 5.64. The van der Waals surface area contributed by atoms with E-state index < -0.39 is 0 Å². The number of pyridine rings is 1. The minimum Gasteiger partial charge on any atom is -0.384 e. The summed E-state index contributed by atoms with van der Waals surface area (Å²) in [5, 5.41) is 11.8. The molecule has 0 saturated heterocycles. The topological polar surface area (TPSA) is 62.2 Å². The summed E-state index contributed by atoms with van der Waals surface area (Å²) in [5.41, 5.74) is 1.14. The SMILES string of the molecule is O=C(NC(C1CC1)C1CC1)c1ccc(C#CCO)cn1. The lowest BCUT2D eigenvalue weighted by atomic mass is 10.1. The molecule has 20 heavy (non-hydrogen) atoms. The maximum absolute atomic E-state index is 12.2. The van der Waals surface area contributed by atoms with Crippen LogP contribution in [-0.4, -0.2) is 28.6 Å². The number of aliphatic hydroxyl groups excluding tert-OH is 1. The molecule has 0 radical (unpaired) electrons. The van der Waals surface area contributed by atoms with E-state index in [1.807, 2.05) is 0 Å². The van der Waals surface area contributed by atoms with Gasteiger partial charge >= 0.3 is 0 Å². The quantitative estimate of drug-likeness (QED) is 0.812. The highest BCUT2D eigenvalue weighted by molar-refractivity contribution is 5.92. The molecule has 1 amide bonds. The first-order chi connectivity index (χ1) is 9.78. The van der Waals surface area contributed by atoms with E-state index in [2.05, 4.69) is 22.1 Å². The Bertz CT molecular complexity index is 536. The van der Waals surface area contributed by atoms with Crippen molar-refractivity contribution in [1.29, 1.82) is 0 Å². The van der Waals surface area contributed by atoms with Crippen LogP contribution in [0.25, 0.3) is 0 Å². The van der Waals surface area contributed by atoms with Crippen molar-refractivity contribution in [2.24, 2.45) is 11.8 Å². The molecule has 2 aliphatic rings. The number of carbonyl (C=O) groups excluding carboxylic acids is 1. The number of nitrogens with one attached hydrogen (secondary N) is 1. The van der Waals surface area contributed by atoms with Gasteiger partial charge in [0.05, 0.1) is 0 Å². The molecule has 104 valence electrons. The second-order valence-electron chi connectivity index (χ2n) is 5.57. The summed E-state index contributed by atoms with van der Waals surface area (Å²) in [6.45, 7) is -0.174. The van der Waals surface area contributed by atoms with Crippen molar-refractivity contribution in [2.75, 3.05) is 6.61 Å². The van der Waals surface area contributed by atoms with Crippen LogP contribution in [0.2, 0.25) is 0 Å². The van der Waals surface area contributed by atoms with Gasteiger partial charge in [-0.25, -0.2) is 4.98 Å². The molecule has 2 aliphatic carbocycles. The van der Waals surface area contributed by atoms with Crippen molar-refractivity contribution in [3.63, 3.8) is 0 Å². The number of hydrogen-bond acceptors (Lipinski definition) is 3. The summed E-state index contributed by atoms with van der Waals surface area (Å²) in [4.78, 5) is 16.3. The molecule has 0 bridgehead atoms. The second-order valence-corrected chi connectivity index (χ2v) is 5.57. The Hall–Kier alpha value is -1.86. The first kappa shape index (κ1) is 13.1. The highest BCUT2D eigenvalue weighted by atomic mass is 16.2. The van der Waals surface area contributed by atoms with Gasteiger partial charge in [0.2, 0.25) is 0 Å². The normalized spacial score (nSPS) is 17.5. The average Bonchev–Trinajstić information content (AvgIpc) is 3.36. The van der Waals surface area contributed by atoms with Crippen molar-refractivity contribution in [3.8, 4) is 11.8 Å². The van der Waals surface area contributed by atoms with E-state index in [9.17, 15) is 4.79 Å². The Kier molecular flexibility index (Phi) is 3.70. The largest absolute Gasteiger partial charge is 0.384 e. The Morgan fingerprint density at radius 2 is 2.05 bits per heavy atom. The van der Waals surface area contributed by atoms with E-state index in [1.54, 1.807) is 18.3 Å². The van der Waals surface area contributed by atoms with Gasteiger partial charge in [-0.1, -0.05) is 11.8 Å². The van der Waals surface area contributed by atoms with E-state index >= 15 is 0 Å². The lowest BCUT2D eigenvalue weighted by molar-refractivity contribution is 0.0921. The van der Waals surface area contributed by atoms with Crippen LogP contribution in [0.5, 0.6) is 0 Å². The summed E-state index contributed by atoms with van der Waals surface area (Å²) >= 11 is 0. The molecule has 0 spiro atoms. The Morgan fingerprint density at radius 3 is 2.55 bits per heavy atom. The van der Waals surface area contributed by atoms with Crippen LogP contribution in [0.3, 0.4) is 0 Å². The summed E-state index contributed by atoms with van der Waals surface area (Å²) in [6, 6.07) is 3.79. The Labute approximate surface area is 118 Å². The van der Waals surface area contributed by atoms with Crippen molar-refractivity contribution >= 4 is 5.91 Å². The molecule has 1 aromatic heterocycles. The molecule has 2 fully saturated rings. The minimum atomic E-state index is -0.174. The molecule has 3 rings (SSSR count). The van der Waals surface area contributed by atoms with Crippen LogP contribution in [0.15, 0.2) is 18.3 Å². The van der Waals surface area contributed by atoms with E-state index in [0.29, 0.717) is 29.1 Å². The van der Waals surface area contributed by atoms with Crippen LogP contribution < -0.4 is 5.32 Å². The third kappa shape index (κ3) is 3.17. The lowest BCUT2D eigenvalue weighted by Crippen LogP contribution is -2.38. The number of hydrogen-bond donors (Lipinski definition) is 2. The van der Waals surface area contributed by atoms with E-state index in [1.165, 1.54) is 25.7 Å². The van der Waals surface area contributed by atoms with Gasteiger partial charge in [0, 0.05) is 17.8 Å². The van der Waals surface area contributed by atoms with Crippen LogP contribution in [0, 0.1) is 23.7 Å². The fraction of sp³-hybridized carbons (Fsp3) is 0.500. The fourth-order valence-corrected chi connectivity index (χ4v) is 2.50. The van der Waals surface area contributed by atoms with Gasteiger partial charge < -0.3 is 10.4 Å². The molecule has 1 aromatic rings. The van der Waals surface area contributed by atoms with Crippen molar-refractivity contribution in [2.45, 2.75) is 31.7 Å². The minimum absolute atomic E-state index is 0.0875. The predicted molar refractivity (Wildman–Crippen MR) is 74.9 cm³/mol. The highest BCUT2D eigenvalue weighted by Crippen LogP contribution is 2.44. The first-order valence-corrected chi connectivity index (χ1v) is 7.14. The maximum Gasteiger partial charge on any atom is 0.270 e. The third-order valence-electron chi connectivity index (χ3n) is 3.87. The van der Waals surface area contributed by atoms with Crippen LogP contribution in [0.4, 0.5) is 0 Å². The van der Waals surface area contributed by atoms with Gasteiger partial charge in [-0.05, 0) is 49.7 Å². The standard InChI is InChI=1S/C16H18N2O2/c19-9-1-2-11-3-8-14(17-10-11)16(20)18-15(12-4-5-12)13-6-7-13/h3,8,10,12-13,15,19H,4-7,9H2,(H,18,20). The van der Waals surface area contributed by atoms with Crippen molar-refractivity contribution in [1.82, 2.24) is 10.3 Å². The zero-order chi connectivity index (χ0) is 13.9. The van der Waals surface area contributed by atoms with Gasteiger partial charge in [0.25, 0.3) is 5.91 Å². The molecule has 0 aromatic carbocycles. The predicted octanol–water partition coefficient (Wildman–Crippen LogP) is 1.34. The number of rotatable bonds is 4. The summed E-state index contributed by atoms with van der Waals surface area (Å²) in [5.74, 6) is 6.60. The molecule has 0 aliphatic heterocycles. The molecule has 4 heteroatoms. The first-order valence-electron chi connectivity index (χ1n) is 7.14. The zero-order valence-corrected chi connectivity index (χ0v) is 11.3. The van der Waals surface area contributed by atoms with Gasteiger partial charge in [0.1, 0.15) is 12.3 Å². The smallest absolute Gasteiger partial charge is 0.270 e. The fourth-order valence-electron chi connectivity index (χ4n) is 2.50. The monoisotopic (exact) mass is 270 g/mol. The van der Waals surface area contributed by atoms with Crippen LogP contribution >= 0.6 is 0 Å². The zero-order valence-electron chi connectivity index (χ0n) is 11.3. The highest BCUT2D eigenvalue weighted by Gasteiger charge is 2.42. The van der Waals surface area contributed by atoms with Gasteiger partial charge in [-0.15, -0.1) is 0 Å². The van der Waals surface area contributed by atoms with E-state index in [0.717, 1.165) is 0 Å². The van der Waals surface area contributed by atoms with Crippen molar-refractivity contribution in [3.05, 3.63) is 29.6 Å². The van der Waals surface area contributed by atoms with E-state index in [4.69, 9.17) is 5.11 Å². The van der Waals surface area contributed by atoms with Gasteiger partial charge in [-0.3, -0.25) is 4.79 Å². The van der Waals surface area contributed by atoms with Crippen LogP contribution in [0.1, 0.15) is 41.7 Å². The number of aromatic nitrogens is 1. The third-order valence-corrected chi connectivity index (χ3v) is 3.87. The van der Waals surface area contributed by atoms with E-state index in [-0.39, 0.29) is 12.5 Å². The molecule has 2 N–H and O–H groups in total. The number of aliphatic hydroxyl groups is 1. The van der Waals surface area contributed by atoms with Crippen LogP contribution in [-0.2, 0) is 0 Å². The summed E-state index contributed by atoms with van der Waals surface area (Å²) < 4.78 is 0. The molecule has 0 atom stereocenters. The number of amides is 1. The molecular formula is C16H18N2O2. The summed E-state index contributed by atoms with van der Waals surface area (Å²) in [6.07, 6.45) is 6.53. The molecule has 2 saturated carbocycles. The average molecular weight is 270 g/mol. The Morgan fingerprint density at radius 1 is 1.35 bits per heavy atom. The molecule has 1 heterocycles. The van der Waals surface area contributed by atoms with Crippen molar-refractivity contribution < 1.29 is 9.90 Å². The molecule has 4 nitrogen and oxygen atoms in total. The lowest BCUT2D eigenvalue weighted by Gasteiger charge is -2.17. The summed E-state index contributed by atoms with van der Waals surface area (Å²) in [7, 11) is 0. The number of carbonyl (C=O) groups is 1. The van der Waals surface area contributed by atoms with Gasteiger partial charge in [-0.2, -0.15) is 0 Å². The number of nitrogens with zero attached hydrogens (tertiary/aromatic N) is 1. The molecule has 0 unspecified atom stereocenters.